The van der Waals surface area contributed by atoms with Crippen molar-refractivity contribution in [1.29, 1.82) is 0 Å². The normalized spacial score (nSPS) is 14.4. The average Bonchev–Trinajstić information content (AvgIpc) is 2.83. The highest BCUT2D eigenvalue weighted by molar-refractivity contribution is 5.91. The third-order valence-electron chi connectivity index (χ3n) is 6.31. The molecule has 0 atom stereocenters. The summed E-state index contributed by atoms with van der Waals surface area (Å²) in [7, 11) is 0. The second-order valence-corrected chi connectivity index (χ2v) is 10.3. The van der Waals surface area contributed by atoms with Crippen LogP contribution >= 0.6 is 0 Å². The number of amides is 3. The summed E-state index contributed by atoms with van der Waals surface area (Å²) in [6, 6.07) is 9.48. The second-order valence-electron chi connectivity index (χ2n) is 10.3. The van der Waals surface area contributed by atoms with Crippen LogP contribution in [-0.4, -0.2) is 46.3 Å². The van der Waals surface area contributed by atoms with Crippen molar-refractivity contribution in [3.8, 4) is 28.3 Å². The number of aliphatic hydroxyl groups excluding tert-OH is 1. The fraction of sp³-hybridized carbons (Fsp3) is 0.357. The molecule has 1 aliphatic rings. The van der Waals surface area contributed by atoms with Crippen LogP contribution in [0.4, 0.5) is 20.7 Å². The van der Waals surface area contributed by atoms with E-state index in [9.17, 15) is 19.1 Å². The third-order valence-corrected chi connectivity index (χ3v) is 6.31. The van der Waals surface area contributed by atoms with Gasteiger partial charge in [0.1, 0.15) is 18.2 Å². The van der Waals surface area contributed by atoms with Crippen molar-refractivity contribution in [3.63, 3.8) is 0 Å². The quantitative estimate of drug-likeness (QED) is 0.334. The van der Waals surface area contributed by atoms with E-state index in [0.29, 0.717) is 33.8 Å². The third kappa shape index (κ3) is 6.63. The molecule has 0 radical (unpaired) electrons. The van der Waals surface area contributed by atoms with Crippen molar-refractivity contribution in [2.45, 2.75) is 46.6 Å². The van der Waals surface area contributed by atoms with Gasteiger partial charge < -0.3 is 25.8 Å². The fourth-order valence-electron chi connectivity index (χ4n) is 4.67. The van der Waals surface area contributed by atoms with E-state index in [2.05, 4.69) is 39.8 Å². The molecule has 1 aromatic carbocycles. The summed E-state index contributed by atoms with van der Waals surface area (Å²) in [5.74, 6) is -0.177. The molecule has 4 N–H and O–H groups in total. The van der Waals surface area contributed by atoms with Gasteiger partial charge in [0.25, 0.3) is 0 Å². The number of nitrogens with one attached hydrogen (secondary N) is 3. The van der Waals surface area contributed by atoms with E-state index in [1.54, 1.807) is 43.5 Å². The van der Waals surface area contributed by atoms with Gasteiger partial charge in [0.15, 0.2) is 0 Å². The SMILES string of the molecule is CC(=O)Nc1cc(-c2cc(-c3cc(NC(=O)NC4CC(C)(C)C4)c(F)cc3C)cc(OCCO)n2)ccn1. The minimum atomic E-state index is -0.546. The molecule has 3 aromatic rings. The molecule has 38 heavy (non-hydrogen) atoms. The number of rotatable bonds is 8. The first-order valence-corrected chi connectivity index (χ1v) is 12.4. The van der Waals surface area contributed by atoms with Crippen molar-refractivity contribution in [1.82, 2.24) is 15.3 Å². The van der Waals surface area contributed by atoms with Gasteiger partial charge in [0.2, 0.25) is 11.8 Å². The summed E-state index contributed by atoms with van der Waals surface area (Å²) in [5, 5.41) is 17.4. The number of benzene rings is 1. The van der Waals surface area contributed by atoms with Crippen LogP contribution < -0.4 is 20.7 Å². The maximum Gasteiger partial charge on any atom is 0.319 e. The predicted molar refractivity (Wildman–Crippen MR) is 143 cm³/mol. The van der Waals surface area contributed by atoms with Crippen LogP contribution in [0.25, 0.3) is 22.4 Å². The molecular weight excluding hydrogens is 489 g/mol. The van der Waals surface area contributed by atoms with Crippen molar-refractivity contribution in [3.05, 3.63) is 54.0 Å². The first-order chi connectivity index (χ1) is 18.0. The molecule has 200 valence electrons. The van der Waals surface area contributed by atoms with Crippen LogP contribution in [0.5, 0.6) is 5.88 Å². The van der Waals surface area contributed by atoms with Crippen LogP contribution in [0.15, 0.2) is 42.6 Å². The molecule has 1 aliphatic carbocycles. The minimum Gasteiger partial charge on any atom is -0.475 e. The first-order valence-electron chi connectivity index (χ1n) is 12.4. The van der Waals surface area contributed by atoms with Crippen LogP contribution in [0.1, 0.15) is 39.2 Å². The topological polar surface area (TPSA) is 125 Å². The maximum atomic E-state index is 14.9. The Morgan fingerprint density at radius 1 is 1.13 bits per heavy atom. The van der Waals surface area contributed by atoms with Crippen LogP contribution in [0.3, 0.4) is 0 Å². The number of carbonyl (C=O) groups excluding carboxylic acids is 2. The second kappa shape index (κ2) is 11.1. The van der Waals surface area contributed by atoms with E-state index >= 15 is 0 Å². The molecule has 9 nitrogen and oxygen atoms in total. The Morgan fingerprint density at radius 2 is 1.89 bits per heavy atom. The number of carbonyl (C=O) groups is 2. The fourth-order valence-corrected chi connectivity index (χ4v) is 4.67. The monoisotopic (exact) mass is 521 g/mol. The molecule has 0 saturated heterocycles. The smallest absolute Gasteiger partial charge is 0.319 e. The number of urea groups is 1. The van der Waals surface area contributed by atoms with E-state index in [-0.39, 0.29) is 42.1 Å². The van der Waals surface area contributed by atoms with Gasteiger partial charge in [-0.1, -0.05) is 13.8 Å². The van der Waals surface area contributed by atoms with Gasteiger partial charge >= 0.3 is 6.03 Å². The highest BCUT2D eigenvalue weighted by Gasteiger charge is 2.36. The summed E-state index contributed by atoms with van der Waals surface area (Å²) in [4.78, 5) is 32.7. The lowest BCUT2D eigenvalue weighted by molar-refractivity contribution is -0.114. The lowest BCUT2D eigenvalue weighted by atomic mass is 9.68. The molecule has 3 amide bonds. The first kappa shape index (κ1) is 27.0. The van der Waals surface area contributed by atoms with Crippen molar-refractivity contribution in [2.24, 2.45) is 5.41 Å². The molecule has 0 aliphatic heterocycles. The molecular formula is C28H32FN5O4. The average molecular weight is 522 g/mol. The van der Waals surface area contributed by atoms with Crippen LogP contribution in [0.2, 0.25) is 0 Å². The molecule has 1 fully saturated rings. The van der Waals surface area contributed by atoms with E-state index < -0.39 is 11.8 Å². The van der Waals surface area contributed by atoms with Gasteiger partial charge in [-0.15, -0.1) is 0 Å². The summed E-state index contributed by atoms with van der Waals surface area (Å²) in [6.45, 7) is 7.29. The number of halogens is 1. The van der Waals surface area contributed by atoms with Crippen LogP contribution in [0, 0.1) is 18.2 Å². The van der Waals surface area contributed by atoms with Gasteiger partial charge in [-0.05, 0) is 72.2 Å². The van der Waals surface area contributed by atoms with E-state index in [0.717, 1.165) is 12.8 Å². The lowest BCUT2D eigenvalue weighted by Crippen LogP contribution is -2.49. The Hall–Kier alpha value is -4.05. The summed E-state index contributed by atoms with van der Waals surface area (Å²) < 4.78 is 20.5. The molecule has 2 aromatic heterocycles. The lowest BCUT2D eigenvalue weighted by Gasteiger charge is -2.42. The Bertz CT molecular complexity index is 1350. The summed E-state index contributed by atoms with van der Waals surface area (Å²) in [6.07, 6.45) is 3.30. The number of aryl methyl sites for hydroxylation is 1. The Balaban J connectivity index is 1.67. The van der Waals surface area contributed by atoms with Gasteiger partial charge in [-0.3, -0.25) is 4.79 Å². The minimum absolute atomic E-state index is 0.0384. The summed E-state index contributed by atoms with van der Waals surface area (Å²) >= 11 is 0. The number of aliphatic hydroxyl groups is 1. The number of anilines is 2. The molecule has 0 bridgehead atoms. The zero-order valence-electron chi connectivity index (χ0n) is 21.9. The molecule has 10 heteroatoms. The number of aromatic nitrogens is 2. The zero-order chi connectivity index (χ0) is 27.4. The number of hydrogen-bond donors (Lipinski definition) is 4. The molecule has 0 spiro atoms. The molecule has 0 unspecified atom stereocenters. The van der Waals surface area contributed by atoms with Gasteiger partial charge in [-0.25, -0.2) is 19.2 Å². The maximum absolute atomic E-state index is 14.9. The van der Waals surface area contributed by atoms with Crippen molar-refractivity contribution >= 4 is 23.4 Å². The van der Waals surface area contributed by atoms with Crippen molar-refractivity contribution < 1.29 is 23.8 Å². The number of hydrogen-bond acceptors (Lipinski definition) is 6. The van der Waals surface area contributed by atoms with Crippen molar-refractivity contribution in [2.75, 3.05) is 23.8 Å². The zero-order valence-corrected chi connectivity index (χ0v) is 21.9. The number of ether oxygens (including phenoxy) is 1. The van der Waals surface area contributed by atoms with Crippen LogP contribution in [-0.2, 0) is 4.79 Å². The van der Waals surface area contributed by atoms with E-state index in [1.165, 1.54) is 13.0 Å². The largest absolute Gasteiger partial charge is 0.475 e. The van der Waals surface area contributed by atoms with Gasteiger partial charge in [-0.2, -0.15) is 0 Å². The van der Waals surface area contributed by atoms with Gasteiger partial charge in [0, 0.05) is 30.8 Å². The Labute approximate surface area is 220 Å². The number of pyridine rings is 2. The van der Waals surface area contributed by atoms with Gasteiger partial charge in [0.05, 0.1) is 18.0 Å². The Kier molecular flexibility index (Phi) is 7.91. The standard InChI is InChI=1S/C28H32FN5O4/c1-16-9-22(29)24(34-27(37)32-20-14-28(3,4)15-20)13-21(16)19-10-23(33-26(12-19)38-8-7-35)18-5-6-30-25(11-18)31-17(2)36/h5-6,9-13,20,35H,7-8,14-15H2,1-4H3,(H,30,31,36)(H2,32,34,37). The molecule has 2 heterocycles. The summed E-state index contributed by atoms with van der Waals surface area (Å²) in [5.41, 5.74) is 3.42. The predicted octanol–water partition coefficient (Wildman–Crippen LogP) is 4.90. The molecule has 1 saturated carbocycles. The van der Waals surface area contributed by atoms with E-state index in [4.69, 9.17) is 4.74 Å². The highest BCUT2D eigenvalue weighted by Crippen LogP contribution is 2.40. The van der Waals surface area contributed by atoms with E-state index in [1.807, 2.05) is 0 Å². The molecule has 4 rings (SSSR count). The highest BCUT2D eigenvalue weighted by atomic mass is 19.1. The number of nitrogens with zero attached hydrogens (tertiary/aromatic N) is 2. The Morgan fingerprint density at radius 3 is 2.58 bits per heavy atom.